The van der Waals surface area contributed by atoms with Gasteiger partial charge in [-0.05, 0) is 99.1 Å². The van der Waals surface area contributed by atoms with Crippen molar-refractivity contribution in [3.63, 3.8) is 0 Å². The number of allylic oxidation sites excluding steroid dienone is 1. The molecule has 2 fully saturated rings. The zero-order valence-electron chi connectivity index (χ0n) is 30.9. The van der Waals surface area contributed by atoms with Gasteiger partial charge >= 0.3 is 0 Å². The van der Waals surface area contributed by atoms with Gasteiger partial charge in [0.2, 0.25) is 10.0 Å². The zero-order valence-corrected chi connectivity index (χ0v) is 31.8. The molecular weight excluding hydrogens is 679 g/mol. The summed E-state index contributed by atoms with van der Waals surface area (Å²) >= 11 is 0. The first-order chi connectivity index (χ1) is 24.9. The second-order valence-corrected chi connectivity index (χ2v) is 16.8. The van der Waals surface area contributed by atoms with Crippen LogP contribution in [0.4, 0.5) is 0 Å². The highest BCUT2D eigenvalue weighted by molar-refractivity contribution is 7.90. The fourth-order valence-electron chi connectivity index (χ4n) is 8.32. The third-order valence-corrected chi connectivity index (χ3v) is 12.9. The van der Waals surface area contributed by atoms with Gasteiger partial charge in [0, 0.05) is 43.6 Å². The van der Waals surface area contributed by atoms with Gasteiger partial charge in [-0.25, -0.2) is 13.1 Å². The first kappa shape index (κ1) is 36.0. The summed E-state index contributed by atoms with van der Waals surface area (Å²) in [5.74, 6) is 0.286. The number of nitrogens with one attached hydrogen (secondary N) is 1. The third-order valence-electron chi connectivity index (χ3n) is 11.1. The maximum atomic E-state index is 14.2. The van der Waals surface area contributed by atoms with Crippen LogP contribution in [0.1, 0.15) is 111 Å². The van der Waals surface area contributed by atoms with Gasteiger partial charge in [-0.15, -0.1) is 0 Å². The van der Waals surface area contributed by atoms with Crippen molar-refractivity contribution in [2.45, 2.75) is 96.1 Å². The number of nitrogens with zero attached hydrogens (tertiary/aromatic N) is 4. The molecule has 278 valence electrons. The summed E-state index contributed by atoms with van der Waals surface area (Å²) in [5.41, 5.74) is 7.52. The fraction of sp³-hybridized carbons (Fsp3) is 0.475. The Morgan fingerprint density at radius 2 is 1.79 bits per heavy atom. The van der Waals surface area contributed by atoms with E-state index in [2.05, 4.69) is 26.5 Å². The minimum atomic E-state index is -3.85. The number of aryl methyl sites for hydroxylation is 1. The normalized spacial score (nSPS) is 20.1. The van der Waals surface area contributed by atoms with E-state index in [1.807, 2.05) is 50.1 Å². The molecule has 2 aromatic heterocycles. The number of hydrogen-bond donors (Lipinski definition) is 1. The monoisotopic (exact) mass is 729 g/mol. The summed E-state index contributed by atoms with van der Waals surface area (Å²) in [5, 5.41) is 4.95. The highest BCUT2D eigenvalue weighted by Gasteiger charge is 2.34. The number of aromatic nitrogens is 3. The van der Waals surface area contributed by atoms with Crippen molar-refractivity contribution in [2.75, 3.05) is 20.2 Å². The minimum absolute atomic E-state index is 0. The predicted octanol–water partition coefficient (Wildman–Crippen LogP) is 7.01. The molecule has 11 nitrogen and oxygen atoms in total. The highest BCUT2D eigenvalue weighted by atomic mass is 32.2. The van der Waals surface area contributed by atoms with Gasteiger partial charge < -0.3 is 18.9 Å². The van der Waals surface area contributed by atoms with Gasteiger partial charge in [0.25, 0.3) is 11.8 Å². The molecule has 52 heavy (non-hydrogen) atoms. The maximum absolute atomic E-state index is 14.2. The van der Waals surface area contributed by atoms with Gasteiger partial charge in [-0.3, -0.25) is 14.3 Å². The second kappa shape index (κ2) is 14.2. The number of morpholine rings is 1. The number of methoxy groups -OCH3 is 1. The van der Waals surface area contributed by atoms with E-state index >= 15 is 0 Å². The number of fused-ring (bicyclic) bond motifs is 5. The lowest BCUT2D eigenvalue weighted by Crippen LogP contribution is -2.48. The van der Waals surface area contributed by atoms with Crippen molar-refractivity contribution >= 4 is 44.4 Å². The molecule has 4 aromatic rings. The van der Waals surface area contributed by atoms with Crippen LogP contribution < -0.4 is 9.46 Å². The van der Waals surface area contributed by atoms with Crippen LogP contribution in [0.15, 0.2) is 42.6 Å². The Kier molecular flexibility index (Phi) is 9.81. The van der Waals surface area contributed by atoms with E-state index in [-0.39, 0.29) is 25.1 Å². The molecule has 3 aliphatic rings. The topological polar surface area (TPSA) is 125 Å². The van der Waals surface area contributed by atoms with Crippen molar-refractivity contribution < 1.29 is 28.9 Å². The molecule has 3 atom stereocenters. The molecule has 0 spiro atoms. The van der Waals surface area contributed by atoms with Crippen LogP contribution in [0.3, 0.4) is 0 Å². The summed E-state index contributed by atoms with van der Waals surface area (Å²) in [6.45, 7) is 8.72. The van der Waals surface area contributed by atoms with Crippen LogP contribution >= 0.6 is 0 Å². The van der Waals surface area contributed by atoms with Crippen LogP contribution in [-0.4, -0.2) is 77.1 Å². The molecule has 12 heteroatoms. The number of rotatable bonds is 8. The first-order valence-corrected chi connectivity index (χ1v) is 20.0. The number of carbonyl (C=O) groups excluding carboxylic acids is 2. The number of benzene rings is 2. The van der Waals surface area contributed by atoms with Crippen LogP contribution in [0, 0.1) is 0 Å². The van der Waals surface area contributed by atoms with E-state index in [0.29, 0.717) is 43.2 Å². The maximum Gasteiger partial charge on any atom is 0.264 e. The van der Waals surface area contributed by atoms with Crippen LogP contribution in [0.25, 0.3) is 33.8 Å². The number of sulfonamides is 1. The molecule has 4 heterocycles. The molecule has 1 aliphatic carbocycles. The minimum Gasteiger partial charge on any atom is -0.497 e. The Hall–Kier alpha value is -4.42. The average Bonchev–Trinajstić information content (AvgIpc) is 3.61. The van der Waals surface area contributed by atoms with Gasteiger partial charge in [-0.1, -0.05) is 32.3 Å². The molecule has 2 aliphatic heterocycles. The predicted molar refractivity (Wildman–Crippen MR) is 205 cm³/mol. The van der Waals surface area contributed by atoms with E-state index in [4.69, 9.17) is 9.47 Å². The van der Waals surface area contributed by atoms with Crippen molar-refractivity contribution in [3.05, 3.63) is 70.5 Å². The SMILES string of the molecule is CCC(C)S(=O)(=O)NC(=O)c1ccc2c(C3CCCCC3)c3n(c2c1)CC(c1c(C(=O)N2C[C@@H](C)O[C@@H](C)C2)cnn1C)=Cc1cc(OC)ccc1-3.[HH]. The lowest BCUT2D eigenvalue weighted by Gasteiger charge is -2.35. The molecule has 1 saturated heterocycles. The number of hydrogen-bond acceptors (Lipinski definition) is 7. The van der Waals surface area contributed by atoms with Crippen LogP contribution in [-0.2, 0) is 28.4 Å². The fourth-order valence-corrected chi connectivity index (χ4v) is 9.34. The van der Waals surface area contributed by atoms with Crippen molar-refractivity contribution in [1.29, 1.82) is 0 Å². The number of carbonyl (C=O) groups is 2. The van der Waals surface area contributed by atoms with Crippen LogP contribution in [0.5, 0.6) is 5.75 Å². The van der Waals surface area contributed by atoms with Crippen molar-refractivity contribution in [2.24, 2.45) is 7.05 Å². The molecule has 2 amide bonds. The van der Waals surface area contributed by atoms with E-state index in [9.17, 15) is 18.0 Å². The van der Waals surface area contributed by atoms with E-state index in [0.717, 1.165) is 64.7 Å². The summed E-state index contributed by atoms with van der Waals surface area (Å²) in [6, 6.07) is 11.7. The van der Waals surface area contributed by atoms with E-state index < -0.39 is 21.2 Å². The van der Waals surface area contributed by atoms with Gasteiger partial charge in [0.05, 0.1) is 54.3 Å². The molecular formula is C40H51N5O6S. The Morgan fingerprint density at radius 3 is 2.48 bits per heavy atom. The zero-order chi connectivity index (χ0) is 36.9. The second-order valence-electron chi connectivity index (χ2n) is 14.7. The summed E-state index contributed by atoms with van der Waals surface area (Å²) in [4.78, 5) is 29.7. The third kappa shape index (κ3) is 6.55. The van der Waals surface area contributed by atoms with E-state index in [1.54, 1.807) is 37.9 Å². The molecule has 7 rings (SSSR count). The van der Waals surface area contributed by atoms with Crippen molar-refractivity contribution in [1.82, 2.24) is 24.0 Å². The quantitative estimate of drug-likeness (QED) is 0.207. The molecule has 0 radical (unpaired) electrons. The first-order valence-electron chi connectivity index (χ1n) is 18.5. The Bertz CT molecular complexity index is 2170. The molecule has 0 bridgehead atoms. The largest absolute Gasteiger partial charge is 0.497 e. The summed E-state index contributed by atoms with van der Waals surface area (Å²) in [7, 11) is -0.331. The molecule has 1 saturated carbocycles. The Balaban J connectivity index is 0.00000481. The Morgan fingerprint density at radius 1 is 1.06 bits per heavy atom. The summed E-state index contributed by atoms with van der Waals surface area (Å²) in [6.07, 6.45) is 9.63. The highest BCUT2D eigenvalue weighted by Crippen LogP contribution is 2.48. The van der Waals surface area contributed by atoms with Crippen LogP contribution in [0.2, 0.25) is 0 Å². The summed E-state index contributed by atoms with van der Waals surface area (Å²) < 4.78 is 43.8. The average molecular weight is 730 g/mol. The number of ether oxygens (including phenoxy) is 2. The molecule has 1 N–H and O–H groups in total. The lowest BCUT2D eigenvalue weighted by molar-refractivity contribution is -0.0586. The molecule has 2 aromatic carbocycles. The molecule has 1 unspecified atom stereocenters. The standard InChI is InChI=1S/C40H49N5O6S.H2/c1-7-26(4)52(48,49)42-39(46)28-13-15-33-35(19-28)45-23-30(37-34(20-41-43(37)5)40(47)44-21-24(2)51-25(3)22-44)17-29-18-31(50-6)14-16-32(29)38(45)36(33)27-11-9-8-10-12-27;/h13-20,24-27H,7-12,21-23H2,1-6H3,(H,42,46);1H/t24-,25+,26?;. The number of amides is 2. The smallest absolute Gasteiger partial charge is 0.264 e. The van der Waals surface area contributed by atoms with Crippen molar-refractivity contribution in [3.8, 4) is 17.0 Å². The van der Waals surface area contributed by atoms with E-state index in [1.165, 1.54) is 12.0 Å². The van der Waals surface area contributed by atoms with Gasteiger partial charge in [0.1, 0.15) is 5.75 Å². The van der Waals surface area contributed by atoms with Gasteiger partial charge in [0.15, 0.2) is 0 Å². The van der Waals surface area contributed by atoms with Gasteiger partial charge in [-0.2, -0.15) is 5.10 Å². The Labute approximate surface area is 307 Å². The lowest BCUT2D eigenvalue weighted by atomic mass is 9.81.